The van der Waals surface area contributed by atoms with Gasteiger partial charge in [0.2, 0.25) is 5.91 Å². The van der Waals surface area contributed by atoms with Gasteiger partial charge in [0, 0.05) is 32.2 Å². The Hall–Kier alpha value is -3.86. The fraction of sp³-hybridized carbons (Fsp3) is 0.481. The minimum atomic E-state index is -4.94. The summed E-state index contributed by atoms with van der Waals surface area (Å²) in [6, 6.07) is 5.83. The molecule has 4 rings (SSSR count). The summed E-state index contributed by atoms with van der Waals surface area (Å²) in [7, 11) is 1.48. The molecule has 17 heteroatoms. The van der Waals surface area contributed by atoms with Crippen molar-refractivity contribution in [3.8, 4) is 5.75 Å². The Morgan fingerprint density at radius 2 is 1.73 bits per heavy atom. The van der Waals surface area contributed by atoms with E-state index in [0.717, 1.165) is 17.1 Å². The molecule has 1 fully saturated rings. The number of amides is 1. The fourth-order valence-electron chi connectivity index (χ4n) is 4.46. The lowest BCUT2D eigenvalue weighted by atomic mass is 10.2. The molecule has 1 aromatic carbocycles. The van der Waals surface area contributed by atoms with Crippen molar-refractivity contribution in [1.82, 2.24) is 19.7 Å². The average molecular weight is 649 g/mol. The van der Waals surface area contributed by atoms with Gasteiger partial charge in [-0.1, -0.05) is 23.5 Å². The van der Waals surface area contributed by atoms with Crippen molar-refractivity contribution in [2.45, 2.75) is 38.3 Å². The number of alkyl halides is 6. The van der Waals surface area contributed by atoms with Crippen LogP contribution in [0.4, 0.5) is 37.2 Å². The van der Waals surface area contributed by atoms with Gasteiger partial charge >= 0.3 is 12.4 Å². The van der Waals surface area contributed by atoms with Gasteiger partial charge < -0.3 is 24.6 Å². The molecule has 240 valence electrons. The number of rotatable bonds is 11. The first-order valence-corrected chi connectivity index (χ1v) is 14.3. The lowest BCUT2D eigenvalue weighted by Gasteiger charge is -2.34. The standard InChI is InChI=1S/C27H30F6N6O4S/c1-17(16-43-12-7-22(40)37-8-10-38(11-9-37)25-34-14-21(44-25)26(28,29)30)36-20-13-35-39(24(41)23(20)27(31,32)33)15-18-3-5-19(42-2)6-4-18/h3-6,13-14,17,36H,7-12,15-16H2,1-2H3/t17-/m0/s1. The van der Waals surface area contributed by atoms with Crippen LogP contribution >= 0.6 is 11.3 Å². The molecule has 1 saturated heterocycles. The van der Waals surface area contributed by atoms with Crippen LogP contribution in [0, 0.1) is 0 Å². The number of nitrogens with zero attached hydrogens (tertiary/aromatic N) is 5. The van der Waals surface area contributed by atoms with E-state index in [1.807, 2.05) is 0 Å². The smallest absolute Gasteiger partial charge is 0.427 e. The number of benzene rings is 1. The predicted molar refractivity (Wildman–Crippen MR) is 150 cm³/mol. The number of ether oxygens (including phenoxy) is 2. The van der Waals surface area contributed by atoms with Crippen molar-refractivity contribution in [2.75, 3.05) is 56.7 Å². The summed E-state index contributed by atoms with van der Waals surface area (Å²) in [5.74, 6) is 0.341. The summed E-state index contributed by atoms with van der Waals surface area (Å²) in [5, 5.41) is 6.79. The van der Waals surface area contributed by atoms with E-state index in [-0.39, 0.29) is 37.2 Å². The zero-order valence-electron chi connectivity index (χ0n) is 23.7. The van der Waals surface area contributed by atoms with Gasteiger partial charge in [0.15, 0.2) is 5.13 Å². The maximum absolute atomic E-state index is 13.9. The number of aromatic nitrogens is 3. The summed E-state index contributed by atoms with van der Waals surface area (Å²) in [5.41, 5.74) is -2.60. The number of piperazine rings is 1. The van der Waals surface area contributed by atoms with Crippen LogP contribution in [0.2, 0.25) is 0 Å². The van der Waals surface area contributed by atoms with Crippen molar-refractivity contribution in [3.05, 3.63) is 63.0 Å². The van der Waals surface area contributed by atoms with Gasteiger partial charge in [-0.05, 0) is 24.6 Å². The predicted octanol–water partition coefficient (Wildman–Crippen LogP) is 4.35. The molecule has 1 atom stereocenters. The number of nitrogens with one attached hydrogen (secondary N) is 1. The molecule has 0 unspecified atom stereocenters. The summed E-state index contributed by atoms with van der Waals surface area (Å²) < 4.78 is 91.5. The normalized spacial score (nSPS) is 14.9. The molecule has 44 heavy (non-hydrogen) atoms. The molecule has 1 amide bonds. The zero-order valence-corrected chi connectivity index (χ0v) is 24.6. The molecule has 0 saturated carbocycles. The second-order valence-corrected chi connectivity index (χ2v) is 11.0. The van der Waals surface area contributed by atoms with Crippen LogP contribution in [-0.4, -0.2) is 78.1 Å². The van der Waals surface area contributed by atoms with Crippen LogP contribution in [0.15, 0.2) is 41.5 Å². The minimum absolute atomic E-state index is 0.000322. The van der Waals surface area contributed by atoms with Crippen molar-refractivity contribution >= 4 is 28.1 Å². The van der Waals surface area contributed by atoms with Crippen LogP contribution in [-0.2, 0) is 28.4 Å². The SMILES string of the molecule is COc1ccc(Cn2ncc(N[C@@H](C)COCCC(=O)N3CCN(c4ncc(C(F)(F)F)s4)CC3)c(C(F)(F)F)c2=O)cc1. The molecule has 0 bridgehead atoms. The highest BCUT2D eigenvalue weighted by Gasteiger charge is 2.38. The fourth-order valence-corrected chi connectivity index (χ4v) is 5.30. The lowest BCUT2D eigenvalue weighted by Crippen LogP contribution is -2.49. The average Bonchev–Trinajstić information content (AvgIpc) is 3.48. The van der Waals surface area contributed by atoms with E-state index >= 15 is 0 Å². The van der Waals surface area contributed by atoms with Crippen LogP contribution < -0.4 is 20.5 Å². The Morgan fingerprint density at radius 1 is 1.05 bits per heavy atom. The monoisotopic (exact) mass is 648 g/mol. The van der Waals surface area contributed by atoms with Crippen molar-refractivity contribution in [2.24, 2.45) is 0 Å². The number of hydrogen-bond acceptors (Lipinski definition) is 9. The van der Waals surface area contributed by atoms with Gasteiger partial charge in [0.25, 0.3) is 5.56 Å². The lowest BCUT2D eigenvalue weighted by molar-refractivity contribution is -0.138. The Morgan fingerprint density at radius 3 is 2.32 bits per heavy atom. The van der Waals surface area contributed by atoms with Gasteiger partial charge in [-0.25, -0.2) is 9.67 Å². The maximum Gasteiger partial charge on any atom is 0.427 e. The first-order chi connectivity index (χ1) is 20.8. The third kappa shape index (κ3) is 8.40. The Balaban J connectivity index is 1.25. The van der Waals surface area contributed by atoms with E-state index < -0.39 is 40.1 Å². The van der Waals surface area contributed by atoms with E-state index in [9.17, 15) is 35.9 Å². The quantitative estimate of drug-likeness (QED) is 0.242. The largest absolute Gasteiger partial charge is 0.497 e. The zero-order chi connectivity index (χ0) is 32.1. The molecule has 1 aliphatic rings. The van der Waals surface area contributed by atoms with E-state index in [1.54, 1.807) is 41.0 Å². The highest BCUT2D eigenvalue weighted by molar-refractivity contribution is 7.15. The van der Waals surface area contributed by atoms with E-state index in [0.29, 0.717) is 48.8 Å². The minimum Gasteiger partial charge on any atom is -0.497 e. The molecule has 0 radical (unpaired) electrons. The third-order valence-corrected chi connectivity index (χ3v) is 7.83. The topological polar surface area (TPSA) is 102 Å². The summed E-state index contributed by atoms with van der Waals surface area (Å²) in [4.78, 5) is 31.7. The van der Waals surface area contributed by atoms with Crippen LogP contribution in [0.5, 0.6) is 5.75 Å². The van der Waals surface area contributed by atoms with E-state index in [1.165, 1.54) is 7.11 Å². The molecule has 3 aromatic rings. The van der Waals surface area contributed by atoms with Crippen LogP contribution in [0.25, 0.3) is 0 Å². The maximum atomic E-state index is 13.9. The second kappa shape index (κ2) is 13.8. The number of halogens is 6. The number of anilines is 2. The highest BCUT2D eigenvalue weighted by atomic mass is 32.1. The van der Waals surface area contributed by atoms with Gasteiger partial charge in [0.1, 0.15) is 16.2 Å². The van der Waals surface area contributed by atoms with Gasteiger partial charge in [-0.2, -0.15) is 31.4 Å². The molecule has 2 aromatic heterocycles. The van der Waals surface area contributed by atoms with Crippen molar-refractivity contribution in [3.63, 3.8) is 0 Å². The molecule has 10 nitrogen and oxygen atoms in total. The summed E-state index contributed by atoms with van der Waals surface area (Å²) in [6.45, 7) is 2.59. The van der Waals surface area contributed by atoms with Crippen LogP contribution in [0.3, 0.4) is 0 Å². The Labute approximate surface area is 252 Å². The van der Waals surface area contributed by atoms with E-state index in [2.05, 4.69) is 15.4 Å². The summed E-state index contributed by atoms with van der Waals surface area (Å²) in [6.07, 6.45) is -7.65. The molecule has 1 aliphatic heterocycles. The molecule has 0 spiro atoms. The van der Waals surface area contributed by atoms with E-state index in [4.69, 9.17) is 9.47 Å². The second-order valence-electron chi connectivity index (χ2n) is 9.98. The molecule has 3 heterocycles. The first-order valence-electron chi connectivity index (χ1n) is 13.5. The number of thiazole rings is 1. The molecular weight excluding hydrogens is 618 g/mol. The van der Waals surface area contributed by atoms with Crippen molar-refractivity contribution < 1.29 is 40.6 Å². The Kier molecular flexibility index (Phi) is 10.4. The number of methoxy groups -OCH3 is 1. The number of carbonyl (C=O) groups is 1. The van der Waals surface area contributed by atoms with Gasteiger partial charge in [-0.3, -0.25) is 9.59 Å². The van der Waals surface area contributed by atoms with Gasteiger partial charge in [-0.15, -0.1) is 0 Å². The Bertz CT molecular complexity index is 1470. The summed E-state index contributed by atoms with van der Waals surface area (Å²) >= 11 is 0.552. The molecule has 0 aliphatic carbocycles. The molecular formula is C27H30F6N6O4S. The number of carbonyl (C=O) groups excluding carboxylic acids is 1. The number of hydrogen-bond donors (Lipinski definition) is 1. The first kappa shape index (κ1) is 33.0. The highest BCUT2D eigenvalue weighted by Crippen LogP contribution is 2.36. The van der Waals surface area contributed by atoms with Crippen molar-refractivity contribution in [1.29, 1.82) is 0 Å². The molecule has 1 N–H and O–H groups in total. The third-order valence-electron chi connectivity index (χ3n) is 6.72. The van der Waals surface area contributed by atoms with Gasteiger partial charge in [0.05, 0.1) is 51.4 Å². The van der Waals surface area contributed by atoms with Crippen LogP contribution in [0.1, 0.15) is 29.3 Å².